The minimum atomic E-state index is -4.08. The standard InChI is InChI=1S/C9H15F2NO2.ClH/c1-9(8(13)14)5-12(2)4-3-6(9)7(10)11;/h6-7H,3-5H2,1-2H3,(H,13,14);1H/t6-,9-;/m1./s1/i6D,7D;. The van der Waals surface area contributed by atoms with Crippen molar-refractivity contribution in [2.75, 3.05) is 20.1 Å². The monoisotopic (exact) mass is 245 g/mol. The van der Waals surface area contributed by atoms with Gasteiger partial charge in [0.05, 0.1) is 5.41 Å². The van der Waals surface area contributed by atoms with Crippen molar-refractivity contribution in [3.63, 3.8) is 0 Å². The fraction of sp³-hybridized carbons (Fsp3) is 0.889. The van der Waals surface area contributed by atoms with Crippen LogP contribution in [0, 0.1) is 11.3 Å². The van der Waals surface area contributed by atoms with Gasteiger partial charge in [0, 0.05) is 13.8 Å². The van der Waals surface area contributed by atoms with E-state index in [0.29, 0.717) is 0 Å². The van der Waals surface area contributed by atoms with Gasteiger partial charge in [-0.15, -0.1) is 12.4 Å². The van der Waals surface area contributed by atoms with Crippen molar-refractivity contribution in [3.8, 4) is 0 Å². The molecule has 0 aromatic heterocycles. The van der Waals surface area contributed by atoms with E-state index in [1.165, 1.54) is 0 Å². The van der Waals surface area contributed by atoms with E-state index in [1.54, 1.807) is 11.9 Å². The zero-order chi connectivity index (χ0) is 12.8. The van der Waals surface area contributed by atoms with Crippen molar-refractivity contribution in [1.82, 2.24) is 4.90 Å². The molecule has 2 atom stereocenters. The second-order valence-electron chi connectivity index (χ2n) is 3.86. The second-order valence-corrected chi connectivity index (χ2v) is 3.86. The van der Waals surface area contributed by atoms with Gasteiger partial charge in [0.25, 0.3) is 0 Å². The van der Waals surface area contributed by atoms with E-state index in [0.717, 1.165) is 6.92 Å². The smallest absolute Gasteiger partial charge is 0.311 e. The third-order valence-electron chi connectivity index (χ3n) is 2.70. The molecule has 0 spiro atoms. The summed E-state index contributed by atoms with van der Waals surface area (Å²) in [4.78, 5) is 12.7. The van der Waals surface area contributed by atoms with Gasteiger partial charge in [-0.3, -0.25) is 4.79 Å². The van der Waals surface area contributed by atoms with E-state index in [2.05, 4.69) is 0 Å². The van der Waals surface area contributed by atoms with Crippen molar-refractivity contribution in [2.24, 2.45) is 11.3 Å². The van der Waals surface area contributed by atoms with E-state index in [-0.39, 0.29) is 31.9 Å². The molecule has 1 heterocycles. The molecule has 0 aromatic rings. The van der Waals surface area contributed by atoms with Gasteiger partial charge in [-0.2, -0.15) is 0 Å². The Morgan fingerprint density at radius 2 is 2.33 bits per heavy atom. The Morgan fingerprint density at radius 3 is 2.73 bits per heavy atom. The molecule has 1 aliphatic rings. The molecule has 0 radical (unpaired) electrons. The Labute approximate surface area is 96.7 Å². The Morgan fingerprint density at radius 1 is 1.80 bits per heavy atom. The molecule has 0 bridgehead atoms. The van der Waals surface area contributed by atoms with Crippen LogP contribution >= 0.6 is 12.4 Å². The second kappa shape index (κ2) is 5.07. The van der Waals surface area contributed by atoms with Crippen molar-refractivity contribution in [3.05, 3.63) is 0 Å². The number of carboxylic acid groups (broad SMARTS) is 1. The zero-order valence-corrected chi connectivity index (χ0v) is 9.40. The van der Waals surface area contributed by atoms with E-state index in [9.17, 15) is 13.6 Å². The molecule has 1 fully saturated rings. The van der Waals surface area contributed by atoms with Crippen LogP contribution in [0.1, 0.15) is 16.1 Å². The summed E-state index contributed by atoms with van der Waals surface area (Å²) < 4.78 is 40.8. The lowest BCUT2D eigenvalue weighted by atomic mass is 9.72. The lowest BCUT2D eigenvalue weighted by molar-refractivity contribution is -0.161. The first-order valence-electron chi connectivity index (χ1n) is 5.34. The normalized spacial score (nSPS) is 40.0. The molecule has 0 saturated carbocycles. The van der Waals surface area contributed by atoms with Crippen LogP contribution in [-0.4, -0.2) is 42.5 Å². The van der Waals surface area contributed by atoms with Gasteiger partial charge in [0.2, 0.25) is 6.40 Å². The van der Waals surface area contributed by atoms with Crippen LogP contribution in [0.5, 0.6) is 0 Å². The molecule has 0 amide bonds. The van der Waals surface area contributed by atoms with Gasteiger partial charge < -0.3 is 10.0 Å². The molecule has 0 aromatic carbocycles. The van der Waals surface area contributed by atoms with Crippen LogP contribution in [0.15, 0.2) is 0 Å². The highest BCUT2D eigenvalue weighted by atomic mass is 35.5. The maximum atomic E-state index is 13.2. The number of alkyl halides is 2. The van der Waals surface area contributed by atoms with Crippen molar-refractivity contribution in [2.45, 2.75) is 19.7 Å². The van der Waals surface area contributed by atoms with Gasteiger partial charge in [-0.25, -0.2) is 8.78 Å². The third-order valence-corrected chi connectivity index (χ3v) is 2.70. The summed E-state index contributed by atoms with van der Waals surface area (Å²) in [6, 6.07) is 0. The number of rotatable bonds is 2. The number of hydrogen-bond donors (Lipinski definition) is 1. The lowest BCUT2D eigenvalue weighted by Crippen LogP contribution is -2.52. The maximum absolute atomic E-state index is 13.2. The topological polar surface area (TPSA) is 40.5 Å². The molecule has 15 heavy (non-hydrogen) atoms. The number of likely N-dealkylation sites (tertiary alicyclic amines) is 1. The summed E-state index contributed by atoms with van der Waals surface area (Å²) in [5.41, 5.74) is -1.94. The molecule has 1 rings (SSSR count). The maximum Gasteiger partial charge on any atom is 0.311 e. The van der Waals surface area contributed by atoms with Crippen molar-refractivity contribution < 1.29 is 21.4 Å². The molecular formula is C9H16ClF2NO2. The number of carbonyl (C=O) groups is 1. The Bertz CT molecular complexity index is 316. The van der Waals surface area contributed by atoms with E-state index >= 15 is 0 Å². The summed E-state index contributed by atoms with van der Waals surface area (Å²) in [6.45, 7) is 1.15. The average Bonchev–Trinajstić information content (AvgIpc) is 2.09. The van der Waals surface area contributed by atoms with Gasteiger partial charge in [0.15, 0.2) is 0 Å². The Hall–Kier alpha value is -0.420. The highest BCUT2D eigenvalue weighted by molar-refractivity contribution is 5.85. The lowest BCUT2D eigenvalue weighted by Gasteiger charge is -2.41. The Kier molecular flexibility index (Phi) is 3.75. The molecule has 90 valence electrons. The number of hydrogen-bond acceptors (Lipinski definition) is 2. The highest BCUT2D eigenvalue weighted by Crippen LogP contribution is 2.38. The summed E-state index contributed by atoms with van der Waals surface area (Å²) in [7, 11) is 1.61. The van der Waals surface area contributed by atoms with Crippen molar-refractivity contribution >= 4 is 18.4 Å². The molecule has 1 N–H and O–H groups in total. The van der Waals surface area contributed by atoms with Gasteiger partial charge in [0.1, 0.15) is 1.37 Å². The van der Waals surface area contributed by atoms with Crippen LogP contribution in [0.2, 0.25) is 0 Å². The number of carboxylic acids is 1. The summed E-state index contributed by atoms with van der Waals surface area (Å²) in [5, 5.41) is 9.05. The largest absolute Gasteiger partial charge is 0.481 e. The summed E-state index contributed by atoms with van der Waals surface area (Å²) in [6.07, 6.45) is -4.41. The highest BCUT2D eigenvalue weighted by Gasteiger charge is 2.48. The molecule has 3 nitrogen and oxygen atoms in total. The van der Waals surface area contributed by atoms with Crippen LogP contribution in [0.25, 0.3) is 0 Å². The Balaban J connectivity index is 0.00000256. The molecule has 6 heteroatoms. The number of nitrogens with zero attached hydrogens (tertiary/aromatic N) is 1. The van der Waals surface area contributed by atoms with E-state index in [1.807, 2.05) is 0 Å². The number of halogens is 3. The zero-order valence-electron chi connectivity index (χ0n) is 10.6. The fourth-order valence-corrected chi connectivity index (χ4v) is 1.79. The van der Waals surface area contributed by atoms with Crippen LogP contribution in [0.4, 0.5) is 8.78 Å². The van der Waals surface area contributed by atoms with Crippen molar-refractivity contribution in [1.29, 1.82) is 0 Å². The third kappa shape index (κ3) is 2.78. The van der Waals surface area contributed by atoms with Crippen LogP contribution in [-0.2, 0) is 4.79 Å². The van der Waals surface area contributed by atoms with E-state index < -0.39 is 23.7 Å². The van der Waals surface area contributed by atoms with Crippen LogP contribution < -0.4 is 0 Å². The fourth-order valence-electron chi connectivity index (χ4n) is 1.79. The first-order chi connectivity index (χ1) is 7.04. The van der Waals surface area contributed by atoms with Gasteiger partial charge >= 0.3 is 5.97 Å². The minimum absolute atomic E-state index is 0. The predicted molar refractivity (Wildman–Crippen MR) is 54.6 cm³/mol. The van der Waals surface area contributed by atoms with E-state index in [4.69, 9.17) is 7.85 Å². The van der Waals surface area contributed by atoms with Gasteiger partial charge in [-0.05, 0) is 26.9 Å². The van der Waals surface area contributed by atoms with Crippen LogP contribution in [0.3, 0.4) is 0 Å². The van der Waals surface area contributed by atoms with Gasteiger partial charge in [-0.1, -0.05) is 0 Å². The molecular weight excluding hydrogens is 228 g/mol. The first kappa shape index (κ1) is 11.1. The molecule has 1 saturated heterocycles. The number of piperidine rings is 1. The average molecular weight is 246 g/mol. The summed E-state index contributed by atoms with van der Waals surface area (Å²) in [5.74, 6) is -4.04. The minimum Gasteiger partial charge on any atom is -0.481 e. The quantitative estimate of drug-likeness (QED) is 0.805. The SMILES string of the molecule is Cl.[2H]C(F)(F)[C@@]1([2H])CCN(C)C[C@@]1(C)C(=O)O. The molecule has 0 unspecified atom stereocenters. The first-order valence-corrected chi connectivity index (χ1v) is 4.34. The number of aliphatic carboxylic acids is 1. The summed E-state index contributed by atoms with van der Waals surface area (Å²) >= 11 is 0. The molecule has 1 aliphatic heterocycles. The predicted octanol–water partition coefficient (Wildman–Crippen LogP) is 1.72. The molecule has 0 aliphatic carbocycles.